The Morgan fingerprint density at radius 3 is 2.23 bits per heavy atom. The number of likely N-dealkylation sites (tertiary alicyclic amines) is 1. The smallest absolute Gasteiger partial charge is 0.261 e. The predicted octanol–water partition coefficient (Wildman–Crippen LogP) is 2.24. The standard InChI is InChI=1S/C21H25N3O5S/c1-2-29-18-9-11-19(12-10-18)30(27,28)23-17-7-5-16(6-8-17)21(26)22-15-20(25)24-13-3-4-14-24/h5-12,23H,2-4,13-15H2,1H3,(H,22,26). The number of nitrogens with zero attached hydrogens (tertiary/aromatic N) is 1. The number of sulfonamides is 1. The van der Waals surface area contributed by atoms with Gasteiger partial charge < -0.3 is 15.0 Å². The monoisotopic (exact) mass is 431 g/mol. The molecule has 2 aromatic rings. The first kappa shape index (κ1) is 21.6. The van der Waals surface area contributed by atoms with E-state index in [2.05, 4.69) is 10.0 Å². The molecule has 30 heavy (non-hydrogen) atoms. The lowest BCUT2D eigenvalue weighted by molar-refractivity contribution is -0.129. The first-order valence-corrected chi connectivity index (χ1v) is 11.3. The van der Waals surface area contributed by atoms with Gasteiger partial charge in [0, 0.05) is 24.3 Å². The van der Waals surface area contributed by atoms with Crippen LogP contribution < -0.4 is 14.8 Å². The van der Waals surface area contributed by atoms with Crippen molar-refractivity contribution in [2.45, 2.75) is 24.7 Å². The van der Waals surface area contributed by atoms with E-state index in [1.165, 1.54) is 36.4 Å². The van der Waals surface area contributed by atoms with Crippen molar-refractivity contribution in [3.8, 4) is 5.75 Å². The number of amides is 2. The van der Waals surface area contributed by atoms with E-state index in [0.717, 1.165) is 25.9 Å². The lowest BCUT2D eigenvalue weighted by Gasteiger charge is -2.15. The summed E-state index contributed by atoms with van der Waals surface area (Å²) in [5.74, 6) is 0.110. The molecule has 160 valence electrons. The highest BCUT2D eigenvalue weighted by Crippen LogP contribution is 2.20. The van der Waals surface area contributed by atoms with E-state index < -0.39 is 10.0 Å². The van der Waals surface area contributed by atoms with Crippen LogP contribution in [0.1, 0.15) is 30.1 Å². The fourth-order valence-electron chi connectivity index (χ4n) is 3.12. The van der Waals surface area contributed by atoms with Crippen molar-refractivity contribution in [3.63, 3.8) is 0 Å². The third kappa shape index (κ3) is 5.50. The summed E-state index contributed by atoms with van der Waals surface area (Å²) < 4.78 is 32.8. The Morgan fingerprint density at radius 1 is 1.00 bits per heavy atom. The summed E-state index contributed by atoms with van der Waals surface area (Å²) in [4.78, 5) is 26.1. The van der Waals surface area contributed by atoms with Gasteiger partial charge in [-0.05, 0) is 68.3 Å². The Labute approximate surface area is 176 Å². The molecule has 0 spiro atoms. The highest BCUT2D eigenvalue weighted by atomic mass is 32.2. The Bertz CT molecular complexity index is 982. The van der Waals surface area contributed by atoms with Gasteiger partial charge in [0.15, 0.2) is 0 Å². The number of hydrogen-bond donors (Lipinski definition) is 2. The second-order valence-electron chi connectivity index (χ2n) is 6.86. The van der Waals surface area contributed by atoms with Gasteiger partial charge in [0.25, 0.3) is 15.9 Å². The van der Waals surface area contributed by atoms with Gasteiger partial charge in [-0.15, -0.1) is 0 Å². The van der Waals surface area contributed by atoms with Crippen LogP contribution in [0.2, 0.25) is 0 Å². The van der Waals surface area contributed by atoms with Gasteiger partial charge in [0.1, 0.15) is 5.75 Å². The molecular formula is C21H25N3O5S. The molecule has 0 unspecified atom stereocenters. The van der Waals surface area contributed by atoms with Gasteiger partial charge in [0.05, 0.1) is 18.0 Å². The van der Waals surface area contributed by atoms with Gasteiger partial charge in [0.2, 0.25) is 5.91 Å². The second-order valence-corrected chi connectivity index (χ2v) is 8.54. The van der Waals surface area contributed by atoms with Crippen LogP contribution in [0.15, 0.2) is 53.4 Å². The molecule has 1 saturated heterocycles. The third-order valence-electron chi connectivity index (χ3n) is 4.70. The fraction of sp³-hybridized carbons (Fsp3) is 0.333. The SMILES string of the molecule is CCOc1ccc(S(=O)(=O)Nc2ccc(C(=O)NCC(=O)N3CCCC3)cc2)cc1. The first-order valence-electron chi connectivity index (χ1n) is 9.81. The molecule has 1 fully saturated rings. The summed E-state index contributed by atoms with van der Waals surface area (Å²) in [6.45, 7) is 3.76. The van der Waals surface area contributed by atoms with Gasteiger partial charge >= 0.3 is 0 Å². The average molecular weight is 432 g/mol. The molecule has 9 heteroatoms. The minimum absolute atomic E-state index is 0.0506. The van der Waals surface area contributed by atoms with Crippen LogP contribution in [0.4, 0.5) is 5.69 Å². The van der Waals surface area contributed by atoms with Crippen molar-refractivity contribution in [2.24, 2.45) is 0 Å². The summed E-state index contributed by atoms with van der Waals surface area (Å²) in [7, 11) is -3.77. The Hall–Kier alpha value is -3.07. The van der Waals surface area contributed by atoms with Gasteiger partial charge in [-0.1, -0.05) is 0 Å². The van der Waals surface area contributed by atoms with Gasteiger partial charge in [-0.3, -0.25) is 14.3 Å². The number of ether oxygens (including phenoxy) is 1. The van der Waals surface area contributed by atoms with E-state index in [-0.39, 0.29) is 23.3 Å². The van der Waals surface area contributed by atoms with Crippen molar-refractivity contribution in [1.82, 2.24) is 10.2 Å². The maximum absolute atomic E-state index is 12.5. The zero-order valence-electron chi connectivity index (χ0n) is 16.8. The molecule has 1 heterocycles. The van der Waals surface area contributed by atoms with E-state index in [1.807, 2.05) is 6.92 Å². The van der Waals surface area contributed by atoms with E-state index in [4.69, 9.17) is 4.74 Å². The summed E-state index contributed by atoms with van der Waals surface area (Å²) in [6.07, 6.45) is 1.99. The van der Waals surface area contributed by atoms with E-state index in [9.17, 15) is 18.0 Å². The molecule has 0 radical (unpaired) electrons. The molecule has 0 aliphatic carbocycles. The average Bonchev–Trinajstić information content (AvgIpc) is 3.28. The van der Waals surface area contributed by atoms with Crippen LogP contribution in [-0.4, -0.2) is 51.4 Å². The molecule has 0 saturated carbocycles. The Morgan fingerprint density at radius 2 is 1.63 bits per heavy atom. The van der Waals surface area contributed by atoms with E-state index in [0.29, 0.717) is 23.6 Å². The largest absolute Gasteiger partial charge is 0.494 e. The van der Waals surface area contributed by atoms with Crippen LogP contribution in [0.5, 0.6) is 5.75 Å². The van der Waals surface area contributed by atoms with E-state index >= 15 is 0 Å². The first-order chi connectivity index (χ1) is 14.4. The molecule has 2 aromatic carbocycles. The number of hydrogen-bond acceptors (Lipinski definition) is 5. The van der Waals surface area contributed by atoms with Crippen LogP contribution >= 0.6 is 0 Å². The quantitative estimate of drug-likeness (QED) is 0.667. The van der Waals surface area contributed by atoms with Crippen molar-refractivity contribution in [2.75, 3.05) is 31.0 Å². The molecule has 8 nitrogen and oxygen atoms in total. The van der Waals surface area contributed by atoms with Crippen molar-refractivity contribution >= 4 is 27.5 Å². The van der Waals surface area contributed by atoms with Crippen molar-refractivity contribution in [1.29, 1.82) is 0 Å². The normalized spacial score (nSPS) is 13.7. The highest BCUT2D eigenvalue weighted by molar-refractivity contribution is 7.92. The zero-order valence-corrected chi connectivity index (χ0v) is 17.6. The predicted molar refractivity (Wildman–Crippen MR) is 113 cm³/mol. The number of carbonyl (C=O) groups is 2. The van der Waals surface area contributed by atoms with Gasteiger partial charge in [-0.25, -0.2) is 8.42 Å². The molecule has 0 bridgehead atoms. The number of rotatable bonds is 8. The van der Waals surface area contributed by atoms with Crippen LogP contribution in [0, 0.1) is 0 Å². The molecule has 1 aliphatic heterocycles. The summed E-state index contributed by atoms with van der Waals surface area (Å²) in [6, 6.07) is 12.1. The lowest BCUT2D eigenvalue weighted by Crippen LogP contribution is -2.38. The molecule has 1 aliphatic rings. The number of nitrogens with one attached hydrogen (secondary N) is 2. The van der Waals surface area contributed by atoms with Crippen LogP contribution in [-0.2, 0) is 14.8 Å². The van der Waals surface area contributed by atoms with Crippen molar-refractivity contribution < 1.29 is 22.7 Å². The summed E-state index contributed by atoms with van der Waals surface area (Å²) in [5, 5.41) is 2.60. The van der Waals surface area contributed by atoms with Gasteiger partial charge in [-0.2, -0.15) is 0 Å². The zero-order chi connectivity index (χ0) is 21.6. The maximum Gasteiger partial charge on any atom is 0.261 e. The fourth-order valence-corrected chi connectivity index (χ4v) is 4.18. The topological polar surface area (TPSA) is 105 Å². The Balaban J connectivity index is 1.57. The number of benzene rings is 2. The van der Waals surface area contributed by atoms with Crippen LogP contribution in [0.3, 0.4) is 0 Å². The van der Waals surface area contributed by atoms with Crippen molar-refractivity contribution in [3.05, 3.63) is 54.1 Å². The molecule has 3 rings (SSSR count). The van der Waals surface area contributed by atoms with Crippen LogP contribution in [0.25, 0.3) is 0 Å². The van der Waals surface area contributed by atoms with E-state index in [1.54, 1.807) is 17.0 Å². The summed E-state index contributed by atoms with van der Waals surface area (Å²) >= 11 is 0. The summed E-state index contributed by atoms with van der Waals surface area (Å²) in [5.41, 5.74) is 0.668. The molecule has 2 N–H and O–H groups in total. The maximum atomic E-state index is 12.5. The minimum Gasteiger partial charge on any atom is -0.494 e. The lowest BCUT2D eigenvalue weighted by atomic mass is 10.2. The molecule has 0 atom stereocenters. The minimum atomic E-state index is -3.77. The number of anilines is 1. The highest BCUT2D eigenvalue weighted by Gasteiger charge is 2.19. The number of carbonyl (C=O) groups excluding carboxylic acids is 2. The molecule has 0 aromatic heterocycles. The molecule has 2 amide bonds. The Kier molecular flexibility index (Phi) is 6.94. The molecular weight excluding hydrogens is 406 g/mol. The second kappa shape index (κ2) is 9.62. The third-order valence-corrected chi connectivity index (χ3v) is 6.10.